The van der Waals surface area contributed by atoms with E-state index < -0.39 is 31.0 Å². The highest BCUT2D eigenvalue weighted by atomic mass is 16.5. The molecule has 182 valence electrons. The summed E-state index contributed by atoms with van der Waals surface area (Å²) in [5.74, 6) is 0. The van der Waals surface area contributed by atoms with Crippen LogP contribution in [-0.2, 0) is 9.47 Å². The van der Waals surface area contributed by atoms with Crippen molar-refractivity contribution in [2.75, 3.05) is 26.4 Å². The minimum Gasteiger partial charge on any atom is -0.394 e. The first-order chi connectivity index (χ1) is 14.6. The highest BCUT2D eigenvalue weighted by molar-refractivity contribution is 4.81. The number of aliphatic hydroxyl groups is 4. The van der Waals surface area contributed by atoms with Gasteiger partial charge in [0.1, 0.15) is 24.4 Å². The number of hydrogen-bond acceptors (Lipinski definition) is 6. The molecule has 0 unspecified atom stereocenters. The van der Waals surface area contributed by atoms with E-state index in [0.29, 0.717) is 13.2 Å². The fraction of sp³-hybridized carbons (Fsp3) is 1.00. The molecule has 0 saturated carbocycles. The summed E-state index contributed by atoms with van der Waals surface area (Å²) in [7, 11) is 0. The lowest BCUT2D eigenvalue weighted by Crippen LogP contribution is -2.48. The predicted molar refractivity (Wildman–Crippen MR) is 122 cm³/mol. The number of unbranched alkanes of at least 4 members (excludes halogenated alkanes) is 12. The summed E-state index contributed by atoms with van der Waals surface area (Å²) in [5, 5.41) is 39.9. The maximum absolute atomic E-state index is 10.2. The second-order valence-electron chi connectivity index (χ2n) is 8.46. The number of hydrogen-bond donors (Lipinski definition) is 4. The van der Waals surface area contributed by atoms with Gasteiger partial charge in [0.2, 0.25) is 0 Å². The average Bonchev–Trinajstić information content (AvgIpc) is 2.76. The van der Waals surface area contributed by atoms with Crippen LogP contribution in [0.2, 0.25) is 0 Å². The van der Waals surface area contributed by atoms with Gasteiger partial charge in [0, 0.05) is 13.2 Å². The van der Waals surface area contributed by atoms with Crippen LogP contribution in [0.5, 0.6) is 0 Å². The van der Waals surface area contributed by atoms with Crippen LogP contribution in [-0.4, -0.2) is 71.3 Å². The molecule has 0 aliphatic heterocycles. The zero-order valence-electron chi connectivity index (χ0n) is 19.6. The Labute approximate surface area is 185 Å². The summed E-state index contributed by atoms with van der Waals surface area (Å²) in [4.78, 5) is 0. The van der Waals surface area contributed by atoms with Gasteiger partial charge >= 0.3 is 0 Å². The van der Waals surface area contributed by atoms with E-state index in [1.807, 2.05) is 0 Å². The van der Waals surface area contributed by atoms with Crippen molar-refractivity contribution in [3.05, 3.63) is 0 Å². The minimum atomic E-state index is -1.41. The van der Waals surface area contributed by atoms with E-state index in [-0.39, 0.29) is 6.61 Å². The maximum atomic E-state index is 10.2. The Hall–Kier alpha value is -0.240. The van der Waals surface area contributed by atoms with Crippen molar-refractivity contribution >= 4 is 0 Å². The van der Waals surface area contributed by atoms with Crippen LogP contribution in [0.4, 0.5) is 0 Å². The third-order valence-corrected chi connectivity index (χ3v) is 5.57. The molecule has 0 aliphatic carbocycles. The minimum absolute atomic E-state index is 0.0377. The summed E-state index contributed by atoms with van der Waals surface area (Å²) < 4.78 is 11.0. The first kappa shape index (κ1) is 29.8. The molecule has 0 bridgehead atoms. The molecule has 0 rings (SSSR count). The molecule has 0 radical (unpaired) electrons. The van der Waals surface area contributed by atoms with Crippen molar-refractivity contribution in [3.8, 4) is 0 Å². The Bertz CT molecular complexity index is 342. The van der Waals surface area contributed by atoms with Gasteiger partial charge in [0.25, 0.3) is 0 Å². The smallest absolute Gasteiger partial charge is 0.111 e. The Morgan fingerprint density at radius 2 is 1.07 bits per heavy atom. The number of ether oxygens (including phenoxy) is 2. The monoisotopic (exact) mass is 434 g/mol. The fourth-order valence-corrected chi connectivity index (χ4v) is 3.46. The van der Waals surface area contributed by atoms with E-state index >= 15 is 0 Å². The third-order valence-electron chi connectivity index (χ3n) is 5.57. The number of rotatable bonds is 23. The summed E-state index contributed by atoms with van der Waals surface area (Å²) in [6.45, 7) is 4.92. The molecule has 4 N–H and O–H groups in total. The first-order valence-corrected chi connectivity index (χ1v) is 12.4. The third kappa shape index (κ3) is 16.5. The van der Waals surface area contributed by atoms with E-state index in [9.17, 15) is 20.4 Å². The Morgan fingerprint density at radius 3 is 1.57 bits per heavy atom. The van der Waals surface area contributed by atoms with Gasteiger partial charge in [-0.05, 0) is 12.8 Å². The second-order valence-corrected chi connectivity index (χ2v) is 8.46. The first-order valence-electron chi connectivity index (χ1n) is 12.4. The molecule has 4 atom stereocenters. The van der Waals surface area contributed by atoms with Gasteiger partial charge in [0.15, 0.2) is 0 Å². The maximum Gasteiger partial charge on any atom is 0.111 e. The van der Waals surface area contributed by atoms with E-state index in [1.165, 1.54) is 57.8 Å². The van der Waals surface area contributed by atoms with Gasteiger partial charge in [-0.2, -0.15) is 0 Å². The van der Waals surface area contributed by atoms with Crippen LogP contribution in [0.1, 0.15) is 104 Å². The second kappa shape index (κ2) is 22.0. The van der Waals surface area contributed by atoms with Gasteiger partial charge in [-0.1, -0.05) is 90.9 Å². The van der Waals surface area contributed by atoms with Gasteiger partial charge < -0.3 is 29.9 Å². The van der Waals surface area contributed by atoms with Crippen molar-refractivity contribution in [1.29, 1.82) is 0 Å². The van der Waals surface area contributed by atoms with Gasteiger partial charge in [0.05, 0.1) is 13.2 Å². The Morgan fingerprint density at radius 1 is 0.600 bits per heavy atom. The summed E-state index contributed by atoms with van der Waals surface area (Å²) in [6.07, 6.45) is 11.5. The topological polar surface area (TPSA) is 99.4 Å². The van der Waals surface area contributed by atoms with E-state index in [0.717, 1.165) is 32.1 Å². The van der Waals surface area contributed by atoms with Gasteiger partial charge in [-0.3, -0.25) is 0 Å². The van der Waals surface area contributed by atoms with E-state index in [4.69, 9.17) is 9.47 Å². The molecule has 0 amide bonds. The zero-order chi connectivity index (χ0) is 22.5. The van der Waals surface area contributed by atoms with Crippen molar-refractivity contribution in [3.63, 3.8) is 0 Å². The highest BCUT2D eigenvalue weighted by Gasteiger charge is 2.31. The summed E-state index contributed by atoms with van der Waals surface area (Å²) in [6, 6.07) is 0. The zero-order valence-corrected chi connectivity index (χ0v) is 19.6. The molecule has 0 aromatic carbocycles. The Balaban J connectivity index is 3.84. The van der Waals surface area contributed by atoms with Crippen molar-refractivity contribution in [1.82, 2.24) is 0 Å². The largest absolute Gasteiger partial charge is 0.394 e. The van der Waals surface area contributed by atoms with Gasteiger partial charge in [-0.15, -0.1) is 0 Å². The van der Waals surface area contributed by atoms with Crippen LogP contribution in [0.25, 0.3) is 0 Å². The van der Waals surface area contributed by atoms with E-state index in [1.54, 1.807) is 0 Å². The SMILES string of the molecule is CCCCCCCCCOC[C@@H](O)[C@@H](O)[C@H](O)[C@H](CO)OCCCCCCCCC. The lowest BCUT2D eigenvalue weighted by Gasteiger charge is -2.28. The van der Waals surface area contributed by atoms with Crippen molar-refractivity contribution < 1.29 is 29.9 Å². The normalized spacial score (nSPS) is 15.8. The quantitative estimate of drug-likeness (QED) is 0.182. The Kier molecular flexibility index (Phi) is 21.8. The molecule has 0 aromatic rings. The van der Waals surface area contributed by atoms with Crippen molar-refractivity contribution in [2.24, 2.45) is 0 Å². The van der Waals surface area contributed by atoms with Gasteiger partial charge in [-0.25, -0.2) is 0 Å². The number of aliphatic hydroxyl groups excluding tert-OH is 4. The molecule has 0 spiro atoms. The van der Waals surface area contributed by atoms with Crippen LogP contribution in [0.3, 0.4) is 0 Å². The molecule has 6 nitrogen and oxygen atoms in total. The van der Waals surface area contributed by atoms with Crippen molar-refractivity contribution in [2.45, 2.75) is 128 Å². The lowest BCUT2D eigenvalue weighted by atomic mass is 10.0. The van der Waals surface area contributed by atoms with Crippen LogP contribution >= 0.6 is 0 Å². The standard InChI is InChI=1S/C24H50O6/c1-3-5-7-9-11-13-15-17-29-20-21(26)23(27)24(28)22(19-25)30-18-16-14-12-10-8-6-4-2/h21-28H,3-20H2,1-2H3/t21-,22+,23-,24-/m1/s1. The molecule has 0 heterocycles. The molecular weight excluding hydrogens is 384 g/mol. The fourth-order valence-electron chi connectivity index (χ4n) is 3.46. The molecule has 0 aliphatic rings. The molecule has 30 heavy (non-hydrogen) atoms. The van der Waals surface area contributed by atoms with Crippen LogP contribution in [0.15, 0.2) is 0 Å². The molecule has 0 saturated heterocycles. The van der Waals surface area contributed by atoms with Crippen LogP contribution < -0.4 is 0 Å². The highest BCUT2D eigenvalue weighted by Crippen LogP contribution is 2.12. The molecule has 0 aromatic heterocycles. The molecular formula is C24H50O6. The predicted octanol–water partition coefficient (Wildman–Crippen LogP) is 3.96. The molecule has 0 fully saturated rings. The van der Waals surface area contributed by atoms with E-state index in [2.05, 4.69) is 13.8 Å². The summed E-state index contributed by atoms with van der Waals surface area (Å²) >= 11 is 0. The lowest BCUT2D eigenvalue weighted by molar-refractivity contribution is -0.145. The summed E-state index contributed by atoms with van der Waals surface area (Å²) in [5.41, 5.74) is 0. The van der Waals surface area contributed by atoms with Crippen LogP contribution in [0, 0.1) is 0 Å². The molecule has 6 heteroatoms. The average molecular weight is 435 g/mol.